The molecule has 0 aromatic carbocycles. The monoisotopic (exact) mass is 366 g/mol. The van der Waals surface area contributed by atoms with Gasteiger partial charge in [0.1, 0.15) is 13.2 Å². The van der Waals surface area contributed by atoms with Gasteiger partial charge in [-0.3, -0.25) is 14.2 Å². The van der Waals surface area contributed by atoms with Crippen molar-refractivity contribution in [2.24, 2.45) is 10.8 Å². The van der Waals surface area contributed by atoms with E-state index in [4.69, 9.17) is 18.5 Å². The maximum atomic E-state index is 12.0. The Labute approximate surface area is 145 Å². The summed E-state index contributed by atoms with van der Waals surface area (Å²) in [6.07, 6.45) is 0. The number of rotatable bonds is 14. The summed E-state index contributed by atoms with van der Waals surface area (Å²) < 4.78 is 32.1. The molecule has 0 atom stereocenters. The van der Waals surface area contributed by atoms with Gasteiger partial charge in [0, 0.05) is 24.0 Å². The number of hydrogen-bond donors (Lipinski definition) is 0. The number of Topliss-reactive ketones (excluding diaryl/α,β-unsaturated/α-hetero) is 2. The molecule has 0 heterocycles. The molecule has 0 aromatic heterocycles. The largest absolute Gasteiger partial charge is 0.381 e. The molecule has 0 amide bonds. The van der Waals surface area contributed by atoms with Gasteiger partial charge in [-0.1, -0.05) is 27.7 Å². The van der Waals surface area contributed by atoms with Crippen LogP contribution in [0.2, 0.25) is 0 Å². The van der Waals surface area contributed by atoms with E-state index in [-0.39, 0.29) is 38.0 Å². The predicted octanol–water partition coefficient (Wildman–Crippen LogP) is 2.67. The fourth-order valence-electron chi connectivity index (χ4n) is 1.56. The topological polar surface area (TPSA) is 88.1 Å². The lowest BCUT2D eigenvalue weighted by Gasteiger charge is -2.23. The molecule has 0 aliphatic carbocycles. The van der Waals surface area contributed by atoms with Gasteiger partial charge in [-0.15, -0.1) is 0 Å². The zero-order valence-electron chi connectivity index (χ0n) is 15.6. The van der Waals surface area contributed by atoms with E-state index >= 15 is 0 Å². The molecule has 8 heteroatoms. The number of carbonyl (C=O) groups is 2. The zero-order valence-corrected chi connectivity index (χ0v) is 16.6. The molecule has 0 aliphatic heterocycles. The summed E-state index contributed by atoms with van der Waals surface area (Å²) in [6.45, 7) is 11.5. The minimum absolute atomic E-state index is 0.235. The quantitative estimate of drug-likeness (QED) is 0.437. The highest BCUT2D eigenvalue weighted by Gasteiger charge is 2.30. The van der Waals surface area contributed by atoms with Crippen LogP contribution in [0.1, 0.15) is 41.5 Å². The third-order valence-corrected chi connectivity index (χ3v) is 4.25. The van der Waals surface area contributed by atoms with Crippen molar-refractivity contribution in [2.45, 2.75) is 41.5 Å². The van der Waals surface area contributed by atoms with Gasteiger partial charge in [0.05, 0.1) is 13.2 Å². The summed E-state index contributed by atoms with van der Waals surface area (Å²) in [5.74, 6) is -0.471. The molecule has 0 radical (unpaired) electrons. The van der Waals surface area contributed by atoms with Gasteiger partial charge in [-0.25, -0.2) is 0 Å². The Morgan fingerprint density at radius 1 is 0.792 bits per heavy atom. The van der Waals surface area contributed by atoms with Gasteiger partial charge in [-0.2, -0.15) is 0 Å². The van der Waals surface area contributed by atoms with Crippen LogP contribution in [0, 0.1) is 10.8 Å². The fraction of sp³-hybridized carbons (Fsp3) is 0.875. The average Bonchev–Trinajstić information content (AvgIpc) is 2.53. The highest BCUT2D eigenvalue weighted by Crippen LogP contribution is 2.27. The van der Waals surface area contributed by atoms with Gasteiger partial charge in [-0.05, 0) is 13.8 Å². The summed E-state index contributed by atoms with van der Waals surface area (Å²) in [5, 5.41) is 0. The van der Waals surface area contributed by atoms with Crippen molar-refractivity contribution in [2.75, 3.05) is 39.6 Å². The first-order chi connectivity index (χ1) is 11.1. The summed E-state index contributed by atoms with van der Waals surface area (Å²) in [4.78, 5) is 24.0. The van der Waals surface area contributed by atoms with Crippen LogP contribution in [0.5, 0.6) is 0 Å². The Kier molecular flexibility index (Phi) is 10.8. The van der Waals surface area contributed by atoms with Crippen molar-refractivity contribution < 1.29 is 32.7 Å². The lowest BCUT2D eigenvalue weighted by molar-refractivity contribution is -0.132. The maximum Gasteiger partial charge on any atom is 0.319 e. The van der Waals surface area contributed by atoms with E-state index in [9.17, 15) is 14.2 Å². The van der Waals surface area contributed by atoms with E-state index in [1.54, 1.807) is 27.7 Å². The van der Waals surface area contributed by atoms with E-state index in [0.29, 0.717) is 13.2 Å². The standard InChI is InChI=1S/C16H31O7P/c1-7-20-11-15(3,4)13(17)9-22-24(19)23-10-14(18)16(5,6)12-21-8-2/h24H,7-12H2,1-6H3. The van der Waals surface area contributed by atoms with E-state index < -0.39 is 19.1 Å². The number of ether oxygens (including phenoxy) is 2. The molecule has 0 aliphatic rings. The van der Waals surface area contributed by atoms with Crippen molar-refractivity contribution in [1.29, 1.82) is 0 Å². The van der Waals surface area contributed by atoms with Gasteiger partial charge >= 0.3 is 8.25 Å². The van der Waals surface area contributed by atoms with Gasteiger partial charge in [0.2, 0.25) is 0 Å². The summed E-state index contributed by atoms with van der Waals surface area (Å²) in [5.41, 5.74) is -1.46. The molecule has 7 nitrogen and oxygen atoms in total. The van der Waals surface area contributed by atoms with Crippen molar-refractivity contribution >= 4 is 19.8 Å². The number of carbonyl (C=O) groups excluding carboxylic acids is 2. The molecule has 0 bridgehead atoms. The van der Waals surface area contributed by atoms with E-state index in [0.717, 1.165) is 0 Å². The first kappa shape index (κ1) is 23.4. The van der Waals surface area contributed by atoms with Crippen molar-refractivity contribution in [3.8, 4) is 0 Å². The second-order valence-electron chi connectivity index (χ2n) is 6.72. The molecule has 0 N–H and O–H groups in total. The first-order valence-corrected chi connectivity index (χ1v) is 9.31. The Morgan fingerprint density at radius 3 is 1.42 bits per heavy atom. The Balaban J connectivity index is 4.23. The van der Waals surface area contributed by atoms with E-state index in [1.807, 2.05) is 13.8 Å². The minimum Gasteiger partial charge on any atom is -0.381 e. The fourth-order valence-corrected chi connectivity index (χ4v) is 2.14. The van der Waals surface area contributed by atoms with Crippen molar-refractivity contribution in [3.63, 3.8) is 0 Å². The average molecular weight is 366 g/mol. The van der Waals surface area contributed by atoms with Crippen LogP contribution in [0.15, 0.2) is 0 Å². The lowest BCUT2D eigenvalue weighted by Crippen LogP contribution is -2.33. The first-order valence-electron chi connectivity index (χ1n) is 8.08. The smallest absolute Gasteiger partial charge is 0.319 e. The molecular formula is C16H31O7P. The van der Waals surface area contributed by atoms with Gasteiger partial charge in [0.15, 0.2) is 11.6 Å². The van der Waals surface area contributed by atoms with Crippen LogP contribution < -0.4 is 0 Å². The highest BCUT2D eigenvalue weighted by molar-refractivity contribution is 7.33. The number of ketones is 2. The Morgan fingerprint density at radius 2 is 1.12 bits per heavy atom. The van der Waals surface area contributed by atoms with Crippen LogP contribution >= 0.6 is 8.25 Å². The molecule has 24 heavy (non-hydrogen) atoms. The second kappa shape index (κ2) is 11.1. The zero-order chi connectivity index (χ0) is 18.8. The highest BCUT2D eigenvalue weighted by atomic mass is 31.1. The van der Waals surface area contributed by atoms with Crippen LogP contribution in [-0.2, 0) is 32.7 Å². The molecule has 0 saturated heterocycles. The lowest BCUT2D eigenvalue weighted by atomic mass is 9.89. The second-order valence-corrected chi connectivity index (χ2v) is 7.79. The molecule has 0 rings (SSSR count). The summed E-state index contributed by atoms with van der Waals surface area (Å²) in [6, 6.07) is 0. The molecule has 0 saturated carbocycles. The SMILES string of the molecule is CCOCC(C)(C)C(=O)CO[PH](=O)OCC(=O)C(C)(C)COCC. The normalized spacial score (nSPS) is 12.6. The number of hydrogen-bond acceptors (Lipinski definition) is 7. The summed E-state index contributed by atoms with van der Waals surface area (Å²) in [7, 11) is -2.91. The third kappa shape index (κ3) is 9.04. The van der Waals surface area contributed by atoms with E-state index in [1.165, 1.54) is 0 Å². The molecule has 0 aromatic rings. The third-order valence-electron chi connectivity index (χ3n) is 3.49. The van der Waals surface area contributed by atoms with Crippen LogP contribution in [0.3, 0.4) is 0 Å². The predicted molar refractivity (Wildman–Crippen MR) is 91.5 cm³/mol. The Bertz CT molecular complexity index is 394. The molecule has 0 spiro atoms. The minimum atomic E-state index is -2.91. The van der Waals surface area contributed by atoms with Gasteiger partial charge in [0.25, 0.3) is 0 Å². The molecule has 142 valence electrons. The molecule has 0 unspecified atom stereocenters. The molecular weight excluding hydrogens is 335 g/mol. The van der Waals surface area contributed by atoms with Crippen molar-refractivity contribution in [3.05, 3.63) is 0 Å². The van der Waals surface area contributed by atoms with Crippen LogP contribution in [0.25, 0.3) is 0 Å². The van der Waals surface area contributed by atoms with Crippen LogP contribution in [-0.4, -0.2) is 51.2 Å². The van der Waals surface area contributed by atoms with Crippen LogP contribution in [0.4, 0.5) is 0 Å². The molecule has 0 fully saturated rings. The van der Waals surface area contributed by atoms with E-state index in [2.05, 4.69) is 0 Å². The van der Waals surface area contributed by atoms with Gasteiger partial charge < -0.3 is 18.5 Å². The Hall–Kier alpha value is -0.590. The summed E-state index contributed by atoms with van der Waals surface area (Å²) >= 11 is 0. The maximum absolute atomic E-state index is 12.0. The van der Waals surface area contributed by atoms with Crippen molar-refractivity contribution in [1.82, 2.24) is 0 Å².